The average molecular weight is 397 g/mol. The number of nitrogens with one attached hydrogen (secondary N) is 1. The van der Waals surface area contributed by atoms with Gasteiger partial charge in [0.1, 0.15) is 5.75 Å². The molecule has 1 amide bonds. The molecule has 2 rings (SSSR count). The molecule has 0 aliphatic rings. The molecule has 0 bridgehead atoms. The fourth-order valence-electron chi connectivity index (χ4n) is 2.62. The summed E-state index contributed by atoms with van der Waals surface area (Å²) in [5.74, 6) is 0.869. The van der Waals surface area contributed by atoms with Crippen molar-refractivity contribution in [2.45, 2.75) is 6.04 Å². The monoisotopic (exact) mass is 396 g/mol. The molecule has 0 aliphatic heterocycles. The van der Waals surface area contributed by atoms with Gasteiger partial charge in [-0.15, -0.1) is 0 Å². The van der Waals surface area contributed by atoms with Gasteiger partial charge in [-0.25, -0.2) is 0 Å². The molecule has 26 heavy (non-hydrogen) atoms. The van der Waals surface area contributed by atoms with E-state index in [2.05, 4.69) is 5.32 Å². The van der Waals surface area contributed by atoms with Gasteiger partial charge in [0.2, 0.25) is 0 Å². The minimum Gasteiger partial charge on any atom is -0.497 e. The van der Waals surface area contributed by atoms with Crippen LogP contribution < -0.4 is 14.8 Å². The fourth-order valence-corrected chi connectivity index (χ4v) is 3.27. The Morgan fingerprint density at radius 1 is 1.12 bits per heavy atom. The number of benzene rings is 2. The Hall–Kier alpha value is -1.95. The first-order valence-corrected chi connectivity index (χ1v) is 8.74. The Morgan fingerprint density at radius 2 is 1.77 bits per heavy atom. The van der Waals surface area contributed by atoms with Gasteiger partial charge in [-0.3, -0.25) is 4.79 Å². The largest absolute Gasteiger partial charge is 0.497 e. The van der Waals surface area contributed by atoms with Crippen LogP contribution in [0.25, 0.3) is 0 Å². The van der Waals surface area contributed by atoms with E-state index in [0.717, 1.165) is 11.3 Å². The van der Waals surface area contributed by atoms with Gasteiger partial charge in [0.15, 0.2) is 5.75 Å². The van der Waals surface area contributed by atoms with Gasteiger partial charge in [0, 0.05) is 12.1 Å². The van der Waals surface area contributed by atoms with E-state index >= 15 is 0 Å². The number of amides is 1. The van der Waals surface area contributed by atoms with Crippen molar-refractivity contribution in [2.75, 3.05) is 34.9 Å². The van der Waals surface area contributed by atoms with E-state index in [0.29, 0.717) is 27.9 Å². The highest BCUT2D eigenvalue weighted by atomic mass is 35.5. The highest BCUT2D eigenvalue weighted by Gasteiger charge is 2.18. The van der Waals surface area contributed by atoms with Gasteiger partial charge >= 0.3 is 0 Å². The minimum absolute atomic E-state index is 0.0155. The molecule has 2 aromatic rings. The van der Waals surface area contributed by atoms with Crippen LogP contribution in [-0.2, 0) is 0 Å². The second-order valence-electron chi connectivity index (χ2n) is 5.94. The maximum Gasteiger partial charge on any atom is 0.251 e. The van der Waals surface area contributed by atoms with Crippen LogP contribution in [-0.4, -0.2) is 45.7 Å². The second-order valence-corrected chi connectivity index (χ2v) is 6.75. The van der Waals surface area contributed by atoms with Crippen LogP contribution >= 0.6 is 23.2 Å². The molecule has 0 heterocycles. The van der Waals surface area contributed by atoms with Crippen LogP contribution in [0, 0.1) is 0 Å². The van der Waals surface area contributed by atoms with Crippen LogP contribution in [0.4, 0.5) is 0 Å². The number of halogens is 2. The molecular weight excluding hydrogens is 375 g/mol. The lowest BCUT2D eigenvalue weighted by atomic mass is 10.1. The molecular formula is C19H22Cl2N2O3. The van der Waals surface area contributed by atoms with E-state index in [1.165, 1.54) is 19.2 Å². The van der Waals surface area contributed by atoms with Crippen molar-refractivity contribution in [3.8, 4) is 11.5 Å². The molecule has 0 fully saturated rings. The molecule has 5 nitrogen and oxygen atoms in total. The fraction of sp³-hybridized carbons (Fsp3) is 0.316. The van der Waals surface area contributed by atoms with E-state index in [9.17, 15) is 4.79 Å². The summed E-state index contributed by atoms with van der Waals surface area (Å²) in [6.45, 7) is 0.417. The molecule has 0 saturated heterocycles. The molecule has 1 N–H and O–H groups in total. The van der Waals surface area contributed by atoms with E-state index < -0.39 is 0 Å². The van der Waals surface area contributed by atoms with Crippen molar-refractivity contribution in [1.29, 1.82) is 0 Å². The summed E-state index contributed by atoms with van der Waals surface area (Å²) < 4.78 is 10.4. The number of methoxy groups -OCH3 is 2. The molecule has 1 unspecified atom stereocenters. The quantitative estimate of drug-likeness (QED) is 0.766. The van der Waals surface area contributed by atoms with Gasteiger partial charge < -0.3 is 19.7 Å². The van der Waals surface area contributed by atoms with Gasteiger partial charge in [-0.05, 0) is 43.9 Å². The van der Waals surface area contributed by atoms with Crippen LogP contribution in [0.3, 0.4) is 0 Å². The Balaban J connectivity index is 2.15. The Bertz CT molecular complexity index is 758. The number of nitrogens with zero attached hydrogens (tertiary/aromatic N) is 1. The van der Waals surface area contributed by atoms with Gasteiger partial charge in [-0.1, -0.05) is 35.3 Å². The number of hydrogen-bond acceptors (Lipinski definition) is 4. The smallest absolute Gasteiger partial charge is 0.251 e. The molecule has 2 aromatic carbocycles. The van der Waals surface area contributed by atoms with Gasteiger partial charge in [-0.2, -0.15) is 0 Å². The topological polar surface area (TPSA) is 50.8 Å². The predicted octanol–water partition coefficient (Wildman–Crippen LogP) is 4.04. The highest BCUT2D eigenvalue weighted by Crippen LogP contribution is 2.33. The number of carbonyl (C=O) groups excluding carboxylic acids is 1. The molecule has 1 atom stereocenters. The maximum atomic E-state index is 12.5. The van der Waals surface area contributed by atoms with Crippen molar-refractivity contribution in [2.24, 2.45) is 0 Å². The van der Waals surface area contributed by atoms with E-state index in [-0.39, 0.29) is 11.9 Å². The van der Waals surface area contributed by atoms with Crippen molar-refractivity contribution in [1.82, 2.24) is 10.2 Å². The van der Waals surface area contributed by atoms with Gasteiger partial charge in [0.05, 0.1) is 30.3 Å². The summed E-state index contributed by atoms with van der Waals surface area (Å²) in [6.07, 6.45) is 0. The molecule has 7 heteroatoms. The summed E-state index contributed by atoms with van der Waals surface area (Å²) in [4.78, 5) is 14.5. The zero-order valence-electron chi connectivity index (χ0n) is 15.2. The third kappa shape index (κ3) is 4.81. The molecule has 0 radical (unpaired) electrons. The van der Waals surface area contributed by atoms with E-state index in [4.69, 9.17) is 32.7 Å². The third-order valence-corrected chi connectivity index (χ3v) is 4.58. The summed E-state index contributed by atoms with van der Waals surface area (Å²) in [5, 5.41) is 3.52. The highest BCUT2D eigenvalue weighted by molar-refractivity contribution is 6.37. The molecule has 0 aromatic heterocycles. The van der Waals surface area contributed by atoms with Crippen LogP contribution in [0.15, 0.2) is 36.4 Å². The van der Waals surface area contributed by atoms with Crippen molar-refractivity contribution < 1.29 is 14.3 Å². The van der Waals surface area contributed by atoms with E-state index in [1.807, 2.05) is 43.3 Å². The molecule has 0 spiro atoms. The molecule has 0 aliphatic carbocycles. The molecule has 140 valence electrons. The second kappa shape index (κ2) is 9.12. The predicted molar refractivity (Wildman–Crippen MR) is 105 cm³/mol. The average Bonchev–Trinajstić information content (AvgIpc) is 2.61. The minimum atomic E-state index is -0.258. The number of rotatable bonds is 7. The number of hydrogen-bond donors (Lipinski definition) is 1. The Labute approximate surface area is 163 Å². The maximum absolute atomic E-state index is 12.5. The summed E-state index contributed by atoms with van der Waals surface area (Å²) >= 11 is 12.2. The first-order chi connectivity index (χ1) is 12.4. The molecule has 0 saturated carbocycles. The number of likely N-dealkylation sites (N-methyl/N-ethyl adjacent to an activating group) is 1. The van der Waals surface area contributed by atoms with Crippen LogP contribution in [0.5, 0.6) is 11.5 Å². The lowest BCUT2D eigenvalue weighted by Crippen LogP contribution is -2.34. The Kier molecular flexibility index (Phi) is 7.14. The summed E-state index contributed by atoms with van der Waals surface area (Å²) in [7, 11) is 7.01. The first-order valence-electron chi connectivity index (χ1n) is 7.99. The Morgan fingerprint density at radius 3 is 2.31 bits per heavy atom. The lowest BCUT2D eigenvalue weighted by molar-refractivity contribution is 0.0942. The third-order valence-electron chi connectivity index (χ3n) is 4.02. The number of carbonyl (C=O) groups is 1. The van der Waals surface area contributed by atoms with Crippen molar-refractivity contribution in [3.05, 3.63) is 57.6 Å². The normalized spacial score (nSPS) is 12.0. The van der Waals surface area contributed by atoms with E-state index in [1.54, 1.807) is 7.11 Å². The first kappa shape index (κ1) is 20.4. The summed E-state index contributed by atoms with van der Waals surface area (Å²) in [6, 6.07) is 10.8. The standard InChI is InChI=1S/C19H22Cl2N2O3/c1-23(2)17(12-6-5-7-14(8-12)25-3)11-22-19(24)13-9-15(20)18(26-4)16(21)10-13/h5-10,17H,11H2,1-4H3,(H,22,24). The summed E-state index contributed by atoms with van der Waals surface area (Å²) in [5.41, 5.74) is 1.42. The van der Waals surface area contributed by atoms with Crippen LogP contribution in [0.2, 0.25) is 10.0 Å². The lowest BCUT2D eigenvalue weighted by Gasteiger charge is -2.25. The van der Waals surface area contributed by atoms with Gasteiger partial charge in [0.25, 0.3) is 5.91 Å². The number of ether oxygens (including phenoxy) is 2. The van der Waals surface area contributed by atoms with Crippen molar-refractivity contribution in [3.63, 3.8) is 0 Å². The zero-order valence-corrected chi connectivity index (χ0v) is 16.7. The van der Waals surface area contributed by atoms with Crippen molar-refractivity contribution >= 4 is 29.1 Å². The SMILES string of the molecule is COc1cccc(C(CNC(=O)c2cc(Cl)c(OC)c(Cl)c2)N(C)C)c1. The zero-order chi connectivity index (χ0) is 19.3. The van der Waals surface area contributed by atoms with Crippen LogP contribution in [0.1, 0.15) is 22.0 Å².